The standard InChI is InChI=1S/C29H22F4N4O3S/c30-17-6-3-5-16(11-17)12-18(15-36-27(39)19-7-1-2-8-20(19)28(36)40)35-26(38)24-13-21-23(41-24)9-4-10-37-25(21)22(14-34-37)29(31,32)33/h1-3,5-8,11,13-14,18H,4,9-10,12,15H2,(H,35,38)/t18-/m0/s1. The number of alkyl halides is 3. The number of carbonyl (C=O) groups excluding carboxylic acids is 3. The molecule has 210 valence electrons. The lowest BCUT2D eigenvalue weighted by Crippen LogP contribution is -2.46. The number of nitrogens with one attached hydrogen (secondary N) is 1. The normalized spacial score (nSPS) is 15.3. The van der Waals surface area contributed by atoms with Gasteiger partial charge in [-0.05, 0) is 55.2 Å². The van der Waals surface area contributed by atoms with Gasteiger partial charge < -0.3 is 5.32 Å². The molecule has 6 rings (SSSR count). The molecule has 0 bridgehead atoms. The smallest absolute Gasteiger partial charge is 0.346 e. The summed E-state index contributed by atoms with van der Waals surface area (Å²) in [5, 5.41) is 6.77. The number of imide groups is 1. The number of aryl methyl sites for hydroxylation is 2. The van der Waals surface area contributed by atoms with E-state index < -0.39 is 41.3 Å². The Morgan fingerprint density at radius 3 is 2.44 bits per heavy atom. The molecule has 0 unspecified atom stereocenters. The van der Waals surface area contributed by atoms with E-state index >= 15 is 0 Å². The van der Waals surface area contributed by atoms with Gasteiger partial charge in [-0.25, -0.2) is 4.39 Å². The predicted molar refractivity (Wildman–Crippen MR) is 142 cm³/mol. The fourth-order valence-corrected chi connectivity index (χ4v) is 6.46. The molecule has 0 aliphatic carbocycles. The lowest BCUT2D eigenvalue weighted by atomic mass is 10.0. The van der Waals surface area contributed by atoms with E-state index in [2.05, 4.69) is 10.4 Å². The van der Waals surface area contributed by atoms with Crippen molar-refractivity contribution >= 4 is 29.1 Å². The third-order valence-electron chi connectivity index (χ3n) is 7.19. The van der Waals surface area contributed by atoms with Crippen LogP contribution in [0.15, 0.2) is 60.8 Å². The van der Waals surface area contributed by atoms with Crippen molar-refractivity contribution < 1.29 is 31.9 Å². The van der Waals surface area contributed by atoms with Gasteiger partial charge in [0.25, 0.3) is 17.7 Å². The predicted octanol–water partition coefficient (Wildman–Crippen LogP) is 5.35. The number of amides is 3. The van der Waals surface area contributed by atoms with Crippen molar-refractivity contribution in [1.29, 1.82) is 0 Å². The van der Waals surface area contributed by atoms with Crippen LogP contribution < -0.4 is 5.32 Å². The van der Waals surface area contributed by atoms with Gasteiger partial charge in [-0.15, -0.1) is 11.3 Å². The van der Waals surface area contributed by atoms with Crippen LogP contribution >= 0.6 is 11.3 Å². The molecule has 4 aromatic rings. The lowest BCUT2D eigenvalue weighted by Gasteiger charge is -2.24. The van der Waals surface area contributed by atoms with Crippen molar-refractivity contribution in [2.75, 3.05) is 6.54 Å². The second kappa shape index (κ2) is 10.3. The molecule has 0 saturated heterocycles. The number of benzene rings is 2. The molecule has 0 fully saturated rings. The van der Waals surface area contributed by atoms with Gasteiger partial charge in [0.2, 0.25) is 0 Å². The fraction of sp³-hybridized carbons (Fsp3) is 0.241. The maximum atomic E-state index is 13.9. The van der Waals surface area contributed by atoms with Crippen molar-refractivity contribution in [3.8, 4) is 11.3 Å². The van der Waals surface area contributed by atoms with Crippen LogP contribution in [-0.4, -0.2) is 45.0 Å². The van der Waals surface area contributed by atoms with Crippen molar-refractivity contribution in [1.82, 2.24) is 20.0 Å². The molecule has 12 heteroatoms. The monoisotopic (exact) mass is 582 g/mol. The number of fused-ring (bicyclic) bond motifs is 4. The fourth-order valence-electron chi connectivity index (χ4n) is 5.35. The van der Waals surface area contributed by atoms with Crippen LogP contribution in [0.1, 0.15) is 52.8 Å². The number of hydrogen-bond acceptors (Lipinski definition) is 5. The van der Waals surface area contributed by atoms with Crippen LogP contribution in [0.4, 0.5) is 17.6 Å². The number of rotatable bonds is 6. The van der Waals surface area contributed by atoms with Gasteiger partial charge in [0.15, 0.2) is 0 Å². The number of carbonyl (C=O) groups is 3. The van der Waals surface area contributed by atoms with E-state index in [-0.39, 0.29) is 34.7 Å². The Kier molecular flexibility index (Phi) is 6.72. The third-order valence-corrected chi connectivity index (χ3v) is 8.39. The number of nitrogens with zero attached hydrogens (tertiary/aromatic N) is 3. The van der Waals surface area contributed by atoms with E-state index in [0.717, 1.165) is 22.4 Å². The molecule has 0 saturated carbocycles. The van der Waals surface area contributed by atoms with Gasteiger partial charge in [0.1, 0.15) is 11.4 Å². The summed E-state index contributed by atoms with van der Waals surface area (Å²) in [6, 6.07) is 12.8. The number of aromatic nitrogens is 2. The van der Waals surface area contributed by atoms with Crippen LogP contribution in [0.5, 0.6) is 0 Å². The van der Waals surface area contributed by atoms with E-state index in [0.29, 0.717) is 35.4 Å². The Morgan fingerprint density at radius 1 is 1.02 bits per heavy atom. The molecule has 2 aliphatic heterocycles. The Hall–Kier alpha value is -4.32. The second-order valence-corrected chi connectivity index (χ2v) is 11.1. The highest BCUT2D eigenvalue weighted by atomic mass is 32.1. The van der Waals surface area contributed by atoms with Crippen molar-refractivity contribution in [2.45, 2.75) is 38.0 Å². The molecule has 7 nitrogen and oxygen atoms in total. The molecule has 41 heavy (non-hydrogen) atoms. The lowest BCUT2D eigenvalue weighted by molar-refractivity contribution is -0.137. The van der Waals surface area contributed by atoms with Crippen LogP contribution in [0.2, 0.25) is 0 Å². The van der Waals surface area contributed by atoms with E-state index in [1.807, 2.05) is 0 Å². The molecule has 2 aromatic carbocycles. The van der Waals surface area contributed by atoms with Crippen molar-refractivity contribution in [3.05, 3.63) is 98.6 Å². The van der Waals surface area contributed by atoms with Crippen LogP contribution in [0.25, 0.3) is 11.3 Å². The summed E-state index contributed by atoms with van der Waals surface area (Å²) in [6.45, 7) is 0.148. The summed E-state index contributed by atoms with van der Waals surface area (Å²) >= 11 is 1.10. The largest absolute Gasteiger partial charge is 0.420 e. The maximum Gasteiger partial charge on any atom is 0.420 e. The third kappa shape index (κ3) is 5.03. The molecule has 3 amide bonds. The van der Waals surface area contributed by atoms with Crippen molar-refractivity contribution in [3.63, 3.8) is 0 Å². The minimum absolute atomic E-state index is 0.0670. The topological polar surface area (TPSA) is 84.3 Å². The molecule has 0 spiro atoms. The van der Waals surface area contributed by atoms with Gasteiger partial charge in [-0.2, -0.15) is 18.3 Å². The second-order valence-electron chi connectivity index (χ2n) is 9.95. The summed E-state index contributed by atoms with van der Waals surface area (Å²) in [4.78, 5) is 41.4. The first-order chi connectivity index (χ1) is 19.6. The summed E-state index contributed by atoms with van der Waals surface area (Å²) < 4.78 is 56.5. The van der Waals surface area contributed by atoms with Crippen LogP contribution in [-0.2, 0) is 25.6 Å². The van der Waals surface area contributed by atoms with Gasteiger partial charge in [-0.1, -0.05) is 24.3 Å². The SMILES string of the molecule is O=C(N[C@@H](Cc1cccc(F)c1)CN1C(=O)c2ccccc2C1=O)c1cc2c(s1)CCCn1ncc(C(F)(F)F)c1-2. The number of hydrogen-bond donors (Lipinski definition) is 1. The van der Waals surface area contributed by atoms with E-state index in [1.54, 1.807) is 30.3 Å². The van der Waals surface area contributed by atoms with Gasteiger partial charge in [0, 0.05) is 23.5 Å². The average molecular weight is 583 g/mol. The maximum absolute atomic E-state index is 13.9. The molecule has 1 N–H and O–H groups in total. The van der Waals surface area contributed by atoms with E-state index in [4.69, 9.17) is 0 Å². The molecule has 2 aromatic heterocycles. The number of halogens is 4. The average Bonchev–Trinajstić information content (AvgIpc) is 3.58. The zero-order valence-electron chi connectivity index (χ0n) is 21.4. The zero-order chi connectivity index (χ0) is 28.9. The highest BCUT2D eigenvalue weighted by Gasteiger charge is 2.39. The molecule has 0 radical (unpaired) electrons. The first kappa shape index (κ1) is 26.9. The van der Waals surface area contributed by atoms with Gasteiger partial charge >= 0.3 is 6.18 Å². The van der Waals surface area contributed by atoms with E-state index in [9.17, 15) is 31.9 Å². The highest BCUT2D eigenvalue weighted by Crippen LogP contribution is 2.42. The van der Waals surface area contributed by atoms with Crippen LogP contribution in [0.3, 0.4) is 0 Å². The molecular formula is C29H22F4N4O3S. The summed E-state index contributed by atoms with van der Waals surface area (Å²) in [6.07, 6.45) is -2.66. The molecule has 4 heterocycles. The minimum Gasteiger partial charge on any atom is -0.346 e. The molecular weight excluding hydrogens is 560 g/mol. The highest BCUT2D eigenvalue weighted by molar-refractivity contribution is 7.14. The quantitative estimate of drug-likeness (QED) is 0.245. The van der Waals surface area contributed by atoms with Crippen LogP contribution in [0, 0.1) is 5.82 Å². The van der Waals surface area contributed by atoms with Crippen molar-refractivity contribution in [2.24, 2.45) is 0 Å². The Balaban J connectivity index is 1.30. The molecule has 1 atom stereocenters. The Morgan fingerprint density at radius 2 is 1.76 bits per heavy atom. The summed E-state index contributed by atoms with van der Waals surface area (Å²) in [5.41, 5.74) is 0.430. The Bertz CT molecular complexity index is 1660. The molecule has 2 aliphatic rings. The minimum atomic E-state index is -4.61. The first-order valence-corrected chi connectivity index (χ1v) is 13.7. The Labute approximate surface area is 235 Å². The first-order valence-electron chi connectivity index (χ1n) is 12.9. The van der Waals surface area contributed by atoms with Gasteiger partial charge in [-0.3, -0.25) is 24.0 Å². The number of thiophene rings is 1. The summed E-state index contributed by atoms with van der Waals surface area (Å²) in [5.74, 6) is -2.05. The zero-order valence-corrected chi connectivity index (χ0v) is 22.2. The van der Waals surface area contributed by atoms with E-state index in [1.165, 1.54) is 28.9 Å². The van der Waals surface area contributed by atoms with Gasteiger partial charge in [0.05, 0.1) is 33.9 Å². The summed E-state index contributed by atoms with van der Waals surface area (Å²) in [7, 11) is 0.